The van der Waals surface area contributed by atoms with Gasteiger partial charge in [0.2, 0.25) is 5.69 Å². The summed E-state index contributed by atoms with van der Waals surface area (Å²) in [6, 6.07) is 8.42. The fourth-order valence-electron chi connectivity index (χ4n) is 1.71. The van der Waals surface area contributed by atoms with Crippen LogP contribution in [-0.2, 0) is 12.8 Å². The molecule has 0 unspecified atom stereocenters. The number of rotatable bonds is 3. The Morgan fingerprint density at radius 2 is 2.06 bits per heavy atom. The molecule has 16 heavy (non-hydrogen) atoms. The number of hydrogen-bond donors (Lipinski definition) is 0. The molecule has 0 radical (unpaired) electrons. The Labute approximate surface area is 96.6 Å². The first kappa shape index (κ1) is 10.8. The van der Waals surface area contributed by atoms with E-state index in [-0.39, 0.29) is 0 Å². The zero-order valence-electron chi connectivity index (χ0n) is 9.85. The van der Waals surface area contributed by atoms with E-state index in [4.69, 9.17) is 0 Å². The highest BCUT2D eigenvalue weighted by molar-refractivity contribution is 5.23. The maximum absolute atomic E-state index is 4.31. The number of nitrogens with zero attached hydrogens (tertiary/aromatic N) is 2. The fourth-order valence-corrected chi connectivity index (χ4v) is 1.71. The molecule has 2 heterocycles. The van der Waals surface area contributed by atoms with E-state index in [1.807, 2.05) is 12.3 Å². The van der Waals surface area contributed by atoms with E-state index < -0.39 is 0 Å². The number of hydrogen-bond acceptors (Lipinski definition) is 1. The number of aromatic nitrogens is 2. The van der Waals surface area contributed by atoms with Crippen molar-refractivity contribution in [3.05, 3.63) is 54.1 Å². The van der Waals surface area contributed by atoms with Gasteiger partial charge >= 0.3 is 0 Å². The summed E-state index contributed by atoms with van der Waals surface area (Å²) < 4.78 is 2.15. The van der Waals surface area contributed by atoms with Crippen LogP contribution < -0.4 is 4.57 Å². The lowest BCUT2D eigenvalue weighted by Crippen LogP contribution is -2.30. The first-order valence-electron chi connectivity index (χ1n) is 5.79. The minimum absolute atomic E-state index is 0.974. The Morgan fingerprint density at radius 3 is 2.81 bits per heavy atom. The van der Waals surface area contributed by atoms with Crippen molar-refractivity contribution in [2.24, 2.45) is 0 Å². The van der Waals surface area contributed by atoms with Crippen LogP contribution >= 0.6 is 0 Å². The molecule has 82 valence electrons. The topological polar surface area (TPSA) is 16.8 Å². The summed E-state index contributed by atoms with van der Waals surface area (Å²) >= 11 is 0. The van der Waals surface area contributed by atoms with Crippen molar-refractivity contribution < 1.29 is 4.57 Å². The molecule has 0 aliphatic rings. The molecular formula is C14H17N2+. The molecule has 0 fully saturated rings. The van der Waals surface area contributed by atoms with E-state index in [9.17, 15) is 0 Å². The van der Waals surface area contributed by atoms with Crippen LogP contribution in [0.5, 0.6) is 0 Å². The van der Waals surface area contributed by atoms with Gasteiger partial charge in [-0.1, -0.05) is 13.8 Å². The fraction of sp³-hybridized carbons (Fsp3) is 0.286. The Bertz CT molecular complexity index is 432. The van der Waals surface area contributed by atoms with Gasteiger partial charge in [0, 0.05) is 35.7 Å². The van der Waals surface area contributed by atoms with Gasteiger partial charge < -0.3 is 0 Å². The van der Waals surface area contributed by atoms with Gasteiger partial charge in [-0.15, -0.1) is 0 Å². The lowest BCUT2D eigenvalue weighted by Gasteiger charge is -1.99. The van der Waals surface area contributed by atoms with Crippen molar-refractivity contribution in [2.75, 3.05) is 0 Å². The molecule has 2 aromatic rings. The van der Waals surface area contributed by atoms with E-state index in [1.54, 1.807) is 0 Å². The van der Waals surface area contributed by atoms with Crippen molar-refractivity contribution in [3.63, 3.8) is 0 Å². The first-order chi connectivity index (χ1) is 7.83. The van der Waals surface area contributed by atoms with Gasteiger partial charge in [-0.3, -0.25) is 4.98 Å². The maximum atomic E-state index is 4.31. The molecule has 0 bridgehead atoms. The molecule has 2 nitrogen and oxygen atoms in total. The molecule has 0 aliphatic carbocycles. The predicted molar refractivity (Wildman–Crippen MR) is 64.5 cm³/mol. The van der Waals surface area contributed by atoms with Crippen molar-refractivity contribution in [2.45, 2.75) is 26.7 Å². The maximum Gasteiger partial charge on any atom is 0.213 e. The molecule has 0 atom stereocenters. The van der Waals surface area contributed by atoms with E-state index in [1.165, 1.54) is 11.3 Å². The monoisotopic (exact) mass is 213 g/mol. The summed E-state index contributed by atoms with van der Waals surface area (Å²) in [6.07, 6.45) is 8.16. The highest BCUT2D eigenvalue weighted by atomic mass is 14.9. The van der Waals surface area contributed by atoms with Crippen molar-refractivity contribution >= 4 is 0 Å². The quantitative estimate of drug-likeness (QED) is 0.716. The largest absolute Gasteiger partial charge is 0.261 e. The molecule has 2 aromatic heterocycles. The van der Waals surface area contributed by atoms with Crippen LogP contribution in [0.15, 0.2) is 42.9 Å². The van der Waals surface area contributed by atoms with E-state index in [0.29, 0.717) is 0 Å². The van der Waals surface area contributed by atoms with Crippen LogP contribution in [0.3, 0.4) is 0 Å². The molecule has 0 saturated carbocycles. The second-order valence-electron chi connectivity index (χ2n) is 3.83. The summed E-state index contributed by atoms with van der Waals surface area (Å²) in [5.74, 6) is 0. The smallest absolute Gasteiger partial charge is 0.213 e. The molecule has 0 spiro atoms. The summed E-state index contributed by atoms with van der Waals surface area (Å²) in [7, 11) is 0. The first-order valence-corrected chi connectivity index (χ1v) is 5.79. The van der Waals surface area contributed by atoms with Gasteiger partial charge in [0.25, 0.3) is 0 Å². The molecule has 0 amide bonds. The minimum atomic E-state index is 0.974. The number of pyridine rings is 2. The molecule has 0 aromatic carbocycles. The SMILES string of the molecule is CCc1ccc[n+](-c2ccnc(CC)c2)c1. The lowest BCUT2D eigenvalue weighted by atomic mass is 10.2. The van der Waals surface area contributed by atoms with Gasteiger partial charge in [-0.2, -0.15) is 4.57 Å². The van der Waals surface area contributed by atoms with E-state index >= 15 is 0 Å². The third-order valence-corrected chi connectivity index (χ3v) is 2.73. The lowest BCUT2D eigenvalue weighted by molar-refractivity contribution is -0.596. The second-order valence-corrected chi connectivity index (χ2v) is 3.83. The highest BCUT2D eigenvalue weighted by Crippen LogP contribution is 2.03. The average Bonchev–Trinajstić information content (AvgIpc) is 2.39. The van der Waals surface area contributed by atoms with Crippen molar-refractivity contribution in [1.82, 2.24) is 4.98 Å². The van der Waals surface area contributed by atoms with Crippen molar-refractivity contribution in [1.29, 1.82) is 0 Å². The Hall–Kier alpha value is -1.70. The second kappa shape index (κ2) is 4.88. The molecule has 2 rings (SSSR count). The highest BCUT2D eigenvalue weighted by Gasteiger charge is 2.06. The van der Waals surface area contributed by atoms with E-state index in [2.05, 4.69) is 54.0 Å². The molecular weight excluding hydrogens is 196 g/mol. The van der Waals surface area contributed by atoms with E-state index in [0.717, 1.165) is 18.5 Å². The van der Waals surface area contributed by atoms with Crippen LogP contribution in [0, 0.1) is 0 Å². The molecule has 2 heteroatoms. The summed E-state index contributed by atoms with van der Waals surface area (Å²) in [6.45, 7) is 4.29. The Kier molecular flexibility index (Phi) is 3.30. The summed E-state index contributed by atoms with van der Waals surface area (Å²) in [5, 5.41) is 0. The third kappa shape index (κ3) is 2.27. The molecule has 0 saturated heterocycles. The Balaban J connectivity index is 2.41. The van der Waals surface area contributed by atoms with Crippen LogP contribution in [-0.4, -0.2) is 4.98 Å². The zero-order chi connectivity index (χ0) is 11.4. The zero-order valence-corrected chi connectivity index (χ0v) is 9.85. The minimum Gasteiger partial charge on any atom is -0.261 e. The van der Waals surface area contributed by atoms with Gasteiger partial charge in [0.1, 0.15) is 0 Å². The van der Waals surface area contributed by atoms with Gasteiger partial charge in [-0.05, 0) is 18.9 Å². The average molecular weight is 213 g/mol. The Morgan fingerprint density at radius 1 is 1.19 bits per heavy atom. The van der Waals surface area contributed by atoms with Gasteiger partial charge in [0.15, 0.2) is 12.4 Å². The molecule has 0 N–H and O–H groups in total. The van der Waals surface area contributed by atoms with Crippen LogP contribution in [0.4, 0.5) is 0 Å². The van der Waals surface area contributed by atoms with Crippen LogP contribution in [0.2, 0.25) is 0 Å². The van der Waals surface area contributed by atoms with Gasteiger partial charge in [0.05, 0.1) is 0 Å². The van der Waals surface area contributed by atoms with Crippen LogP contribution in [0.1, 0.15) is 25.1 Å². The third-order valence-electron chi connectivity index (χ3n) is 2.73. The predicted octanol–water partition coefficient (Wildman–Crippen LogP) is 2.48. The molecule has 0 aliphatic heterocycles. The normalized spacial score (nSPS) is 10.4. The van der Waals surface area contributed by atoms with Gasteiger partial charge in [-0.25, -0.2) is 0 Å². The summed E-state index contributed by atoms with van der Waals surface area (Å²) in [5.41, 5.74) is 3.66. The number of aryl methyl sites for hydroxylation is 2. The standard InChI is InChI=1S/C14H17N2/c1-3-12-6-5-9-16(11-12)14-7-8-15-13(4-2)10-14/h5-11H,3-4H2,1-2H3/q+1. The van der Waals surface area contributed by atoms with Crippen molar-refractivity contribution in [3.8, 4) is 5.69 Å². The van der Waals surface area contributed by atoms with Crippen LogP contribution in [0.25, 0.3) is 5.69 Å². The summed E-state index contributed by atoms with van der Waals surface area (Å²) in [4.78, 5) is 4.31.